The normalized spacial score (nSPS) is 13.4. The maximum atomic E-state index is 12.5. The lowest BCUT2D eigenvalue weighted by Gasteiger charge is -2.17. The van der Waals surface area contributed by atoms with Gasteiger partial charge in [-0.15, -0.1) is 0 Å². The Bertz CT molecular complexity index is 682. The summed E-state index contributed by atoms with van der Waals surface area (Å²) in [5.74, 6) is 0.755. The molecule has 0 fully saturated rings. The van der Waals surface area contributed by atoms with Crippen molar-refractivity contribution < 1.29 is 9.53 Å². The fourth-order valence-electron chi connectivity index (χ4n) is 2.38. The zero-order valence-corrected chi connectivity index (χ0v) is 11.6. The molecule has 1 aliphatic rings. The van der Waals surface area contributed by atoms with Crippen LogP contribution in [0.15, 0.2) is 36.4 Å². The summed E-state index contributed by atoms with van der Waals surface area (Å²) in [4.78, 5) is 12.5. The molecule has 2 aromatic rings. The number of carbonyl (C=O) groups excluding carboxylic acids is 1. The summed E-state index contributed by atoms with van der Waals surface area (Å²) in [5.41, 5.74) is 8.42. The van der Waals surface area contributed by atoms with Crippen LogP contribution in [0, 0.1) is 0 Å². The van der Waals surface area contributed by atoms with Crippen LogP contribution in [0.4, 0.5) is 5.69 Å². The van der Waals surface area contributed by atoms with Crippen molar-refractivity contribution in [1.29, 1.82) is 0 Å². The third-order valence-electron chi connectivity index (χ3n) is 3.43. The zero-order valence-electron chi connectivity index (χ0n) is 10.9. The van der Waals surface area contributed by atoms with Crippen LogP contribution in [0.2, 0.25) is 5.02 Å². The van der Waals surface area contributed by atoms with Crippen LogP contribution in [0.5, 0.6) is 5.75 Å². The predicted molar refractivity (Wildman–Crippen MR) is 79.6 cm³/mol. The van der Waals surface area contributed by atoms with Crippen LogP contribution in [0.1, 0.15) is 27.9 Å². The number of benzene rings is 2. The molecule has 0 amide bonds. The SMILES string of the molecule is Nc1ccc(Cl)cc1C(=O)c1ccc2c(c1)CCCO2. The van der Waals surface area contributed by atoms with E-state index in [1.807, 2.05) is 12.1 Å². The molecule has 4 heteroatoms. The number of anilines is 1. The van der Waals surface area contributed by atoms with Crippen molar-refractivity contribution >= 4 is 23.1 Å². The van der Waals surface area contributed by atoms with Gasteiger partial charge in [0.1, 0.15) is 5.75 Å². The number of ether oxygens (including phenoxy) is 1. The Hall–Kier alpha value is -2.00. The second-order valence-electron chi connectivity index (χ2n) is 4.84. The molecule has 1 heterocycles. The average molecular weight is 288 g/mol. The fourth-order valence-corrected chi connectivity index (χ4v) is 2.55. The molecule has 0 aromatic heterocycles. The number of ketones is 1. The smallest absolute Gasteiger partial charge is 0.195 e. The molecule has 0 radical (unpaired) electrons. The van der Waals surface area contributed by atoms with E-state index in [1.165, 1.54) is 0 Å². The van der Waals surface area contributed by atoms with E-state index in [4.69, 9.17) is 22.1 Å². The van der Waals surface area contributed by atoms with Crippen molar-refractivity contribution in [1.82, 2.24) is 0 Å². The molecule has 0 spiro atoms. The molecule has 0 saturated carbocycles. The Morgan fingerprint density at radius 3 is 2.90 bits per heavy atom. The summed E-state index contributed by atoms with van der Waals surface area (Å²) in [6.45, 7) is 0.738. The number of rotatable bonds is 2. The van der Waals surface area contributed by atoms with Crippen LogP contribution >= 0.6 is 11.6 Å². The van der Waals surface area contributed by atoms with E-state index in [-0.39, 0.29) is 5.78 Å². The predicted octanol–water partition coefficient (Wildman–Crippen LogP) is 3.48. The minimum atomic E-state index is -0.113. The van der Waals surface area contributed by atoms with E-state index in [9.17, 15) is 4.79 Å². The first kappa shape index (κ1) is 13.0. The lowest BCUT2D eigenvalue weighted by molar-refractivity contribution is 0.103. The molecule has 0 unspecified atom stereocenters. The van der Waals surface area contributed by atoms with Crippen molar-refractivity contribution in [3.8, 4) is 5.75 Å². The molecular formula is C16H14ClNO2. The lowest BCUT2D eigenvalue weighted by Crippen LogP contribution is -2.11. The maximum Gasteiger partial charge on any atom is 0.195 e. The standard InChI is InChI=1S/C16H14ClNO2/c17-12-4-5-14(18)13(9-12)16(19)11-3-6-15-10(8-11)2-1-7-20-15/h3-6,8-9H,1-2,7,18H2. The van der Waals surface area contributed by atoms with Crippen LogP contribution in [-0.2, 0) is 6.42 Å². The van der Waals surface area contributed by atoms with E-state index < -0.39 is 0 Å². The van der Waals surface area contributed by atoms with Gasteiger partial charge in [0.25, 0.3) is 0 Å². The highest BCUT2D eigenvalue weighted by molar-refractivity contribution is 6.31. The molecule has 1 aliphatic heterocycles. The molecule has 102 valence electrons. The Kier molecular flexibility index (Phi) is 3.36. The first-order valence-corrected chi connectivity index (χ1v) is 6.88. The summed E-state index contributed by atoms with van der Waals surface area (Å²) in [7, 11) is 0. The highest BCUT2D eigenvalue weighted by atomic mass is 35.5. The van der Waals surface area contributed by atoms with Crippen LogP contribution in [-0.4, -0.2) is 12.4 Å². The highest BCUT2D eigenvalue weighted by Crippen LogP contribution is 2.28. The third kappa shape index (κ3) is 2.37. The first-order valence-electron chi connectivity index (χ1n) is 6.50. The third-order valence-corrected chi connectivity index (χ3v) is 3.67. The van der Waals surface area contributed by atoms with Crippen molar-refractivity contribution in [2.45, 2.75) is 12.8 Å². The second kappa shape index (κ2) is 5.17. The Balaban J connectivity index is 2.00. The molecule has 0 bridgehead atoms. The van der Waals surface area contributed by atoms with E-state index in [0.717, 1.165) is 30.8 Å². The molecule has 0 atom stereocenters. The number of nitrogens with two attached hydrogens (primary N) is 1. The van der Waals surface area contributed by atoms with Crippen molar-refractivity contribution in [3.63, 3.8) is 0 Å². The largest absolute Gasteiger partial charge is 0.493 e. The van der Waals surface area contributed by atoms with Gasteiger partial charge < -0.3 is 10.5 Å². The number of halogens is 1. The van der Waals surface area contributed by atoms with Gasteiger partial charge in [0, 0.05) is 21.8 Å². The number of hydrogen-bond acceptors (Lipinski definition) is 3. The first-order chi connectivity index (χ1) is 9.65. The van der Waals surface area contributed by atoms with Crippen LogP contribution in [0.25, 0.3) is 0 Å². The summed E-state index contributed by atoms with van der Waals surface area (Å²) in [6.07, 6.45) is 1.91. The quantitative estimate of drug-likeness (QED) is 0.679. The summed E-state index contributed by atoms with van der Waals surface area (Å²) < 4.78 is 5.55. The molecule has 20 heavy (non-hydrogen) atoms. The second-order valence-corrected chi connectivity index (χ2v) is 5.27. The van der Waals surface area contributed by atoms with Gasteiger partial charge in [0.2, 0.25) is 0 Å². The van der Waals surface area contributed by atoms with Crippen molar-refractivity contribution in [3.05, 3.63) is 58.1 Å². The minimum Gasteiger partial charge on any atom is -0.493 e. The monoisotopic (exact) mass is 287 g/mol. The van der Waals surface area contributed by atoms with E-state index >= 15 is 0 Å². The average Bonchev–Trinajstić information content (AvgIpc) is 2.48. The van der Waals surface area contributed by atoms with E-state index in [1.54, 1.807) is 24.3 Å². The number of fused-ring (bicyclic) bond motifs is 1. The number of carbonyl (C=O) groups is 1. The van der Waals surface area contributed by atoms with Gasteiger partial charge in [-0.05, 0) is 54.8 Å². The van der Waals surface area contributed by atoms with Crippen LogP contribution < -0.4 is 10.5 Å². The van der Waals surface area contributed by atoms with Crippen LogP contribution in [0.3, 0.4) is 0 Å². The van der Waals surface area contributed by atoms with Gasteiger partial charge in [-0.3, -0.25) is 4.79 Å². The topological polar surface area (TPSA) is 52.3 Å². The van der Waals surface area contributed by atoms with Gasteiger partial charge >= 0.3 is 0 Å². The Morgan fingerprint density at radius 1 is 1.20 bits per heavy atom. The molecule has 2 N–H and O–H groups in total. The van der Waals surface area contributed by atoms with Gasteiger partial charge in [0.15, 0.2) is 5.78 Å². The summed E-state index contributed by atoms with van der Waals surface area (Å²) in [6, 6.07) is 10.4. The number of hydrogen-bond donors (Lipinski definition) is 1. The highest BCUT2D eigenvalue weighted by Gasteiger charge is 2.17. The summed E-state index contributed by atoms with van der Waals surface area (Å²) >= 11 is 5.94. The molecule has 3 rings (SSSR count). The Morgan fingerprint density at radius 2 is 2.05 bits per heavy atom. The number of aryl methyl sites for hydroxylation is 1. The Labute approximate surface area is 122 Å². The van der Waals surface area contributed by atoms with Gasteiger partial charge in [-0.2, -0.15) is 0 Å². The van der Waals surface area contributed by atoms with Crippen molar-refractivity contribution in [2.24, 2.45) is 0 Å². The molecule has 0 aliphatic carbocycles. The van der Waals surface area contributed by atoms with Gasteiger partial charge in [0.05, 0.1) is 6.61 Å². The molecule has 3 nitrogen and oxygen atoms in total. The molecule has 0 saturated heterocycles. The fraction of sp³-hybridized carbons (Fsp3) is 0.188. The minimum absolute atomic E-state index is 0.113. The van der Waals surface area contributed by atoms with E-state index in [0.29, 0.717) is 21.8 Å². The molecular weight excluding hydrogens is 274 g/mol. The number of nitrogen functional groups attached to an aromatic ring is 1. The van der Waals surface area contributed by atoms with Gasteiger partial charge in [-0.1, -0.05) is 11.6 Å². The maximum absolute atomic E-state index is 12.5. The van der Waals surface area contributed by atoms with Gasteiger partial charge in [-0.25, -0.2) is 0 Å². The molecule has 2 aromatic carbocycles. The summed E-state index contributed by atoms with van der Waals surface area (Å²) in [5, 5.41) is 0.504. The zero-order chi connectivity index (χ0) is 14.1. The van der Waals surface area contributed by atoms with E-state index in [2.05, 4.69) is 0 Å². The lowest BCUT2D eigenvalue weighted by atomic mass is 9.97. The van der Waals surface area contributed by atoms with Crippen molar-refractivity contribution in [2.75, 3.05) is 12.3 Å².